The number of allylic oxidation sites excluding steroid dienone is 4. The van der Waals surface area contributed by atoms with E-state index in [4.69, 9.17) is 16.3 Å². The van der Waals surface area contributed by atoms with Crippen molar-refractivity contribution in [3.8, 4) is 11.1 Å². The summed E-state index contributed by atoms with van der Waals surface area (Å²) >= 11 is 9.20. The van der Waals surface area contributed by atoms with Crippen molar-refractivity contribution in [2.45, 2.75) is 68.1 Å². The first-order chi connectivity index (χ1) is 31.2. The summed E-state index contributed by atoms with van der Waals surface area (Å²) in [6.45, 7) is 16.1. The van der Waals surface area contributed by atoms with E-state index >= 15 is 0 Å². The lowest BCUT2D eigenvalue weighted by molar-refractivity contribution is -0.384. The summed E-state index contributed by atoms with van der Waals surface area (Å²) in [7, 11) is 0. The van der Waals surface area contributed by atoms with Crippen LogP contribution in [0.4, 0.5) is 11.4 Å². The highest BCUT2D eigenvalue weighted by Crippen LogP contribution is 2.32. The highest BCUT2D eigenvalue weighted by atomic mass is 35.5. The van der Waals surface area contributed by atoms with Crippen molar-refractivity contribution in [2.75, 3.05) is 63.9 Å². The predicted molar refractivity (Wildman–Crippen MR) is 270 cm³/mol. The molecular weight excluding hydrogens is 860 g/mol. The Labute approximate surface area is 393 Å². The molecule has 2 N–H and O–H groups in total. The Kier molecular flexibility index (Phi) is 19.4. The van der Waals surface area contributed by atoms with Crippen LogP contribution in [0.2, 0.25) is 5.02 Å². The smallest absolute Gasteiger partial charge is 0.293 e. The number of thioether (sulfide) groups is 1. The van der Waals surface area contributed by atoms with Gasteiger partial charge in [-0.15, -0.1) is 11.8 Å². The number of rotatable bonds is 18. The van der Waals surface area contributed by atoms with Crippen LogP contribution in [0, 0.1) is 10.1 Å². The molecule has 2 saturated heterocycles. The number of anilines is 1. The number of hydrogen-bond acceptors (Lipinski definition) is 11. The third-order valence-electron chi connectivity index (χ3n) is 11.2. The zero-order valence-corrected chi connectivity index (χ0v) is 39.6. The van der Waals surface area contributed by atoms with E-state index in [0.717, 1.165) is 82.2 Å². The minimum Gasteiger partial charge on any atom is -0.379 e. The number of halogens is 1. The van der Waals surface area contributed by atoms with Gasteiger partial charge in [-0.3, -0.25) is 20.0 Å². The van der Waals surface area contributed by atoms with Gasteiger partial charge in [0.2, 0.25) is 0 Å². The van der Waals surface area contributed by atoms with Gasteiger partial charge in [-0.2, -0.15) is 0 Å². The van der Waals surface area contributed by atoms with Crippen molar-refractivity contribution in [2.24, 2.45) is 9.98 Å². The Morgan fingerprint density at radius 1 is 0.938 bits per heavy atom. The first-order valence-electron chi connectivity index (χ1n) is 22.0. The van der Waals surface area contributed by atoms with Gasteiger partial charge in [-0.25, -0.2) is 4.99 Å². The van der Waals surface area contributed by atoms with Gasteiger partial charge in [0.25, 0.3) is 5.69 Å². The number of nitrogens with one attached hydrogen (secondary N) is 2. The molecule has 0 amide bonds. The summed E-state index contributed by atoms with van der Waals surface area (Å²) in [4.78, 5) is 29.5. The van der Waals surface area contributed by atoms with Crippen LogP contribution in [0.1, 0.15) is 45.1 Å². The second-order valence-electron chi connectivity index (χ2n) is 16.1. The maximum atomic E-state index is 12.1. The number of likely N-dealkylation sites (tertiary alicyclic amines) is 1. The Morgan fingerprint density at radius 3 is 2.33 bits per heavy atom. The second kappa shape index (κ2) is 25.6. The van der Waals surface area contributed by atoms with Crippen LogP contribution < -0.4 is 10.0 Å². The molecule has 2 fully saturated rings. The fraction of sp³-hybridized carbons (Fsp3) is 0.360. The quantitative estimate of drug-likeness (QED) is 0.0190. The van der Waals surface area contributed by atoms with E-state index < -0.39 is 0 Å². The molecule has 1 aliphatic carbocycles. The number of benzene rings is 4. The van der Waals surface area contributed by atoms with E-state index in [9.17, 15) is 10.1 Å². The van der Waals surface area contributed by atoms with Crippen molar-refractivity contribution in [3.05, 3.63) is 153 Å². The average Bonchev–Trinajstić information content (AvgIpc) is 3.32. The summed E-state index contributed by atoms with van der Waals surface area (Å²) in [6, 6.07) is 32.3. The molecule has 2 aliphatic heterocycles. The van der Waals surface area contributed by atoms with Crippen molar-refractivity contribution in [1.82, 2.24) is 19.4 Å². The molecule has 338 valence electrons. The van der Waals surface area contributed by atoms with Crippen molar-refractivity contribution < 1.29 is 9.66 Å². The van der Waals surface area contributed by atoms with Crippen LogP contribution in [0.3, 0.4) is 0 Å². The third kappa shape index (κ3) is 15.1. The van der Waals surface area contributed by atoms with E-state index in [-0.39, 0.29) is 16.7 Å². The number of hydrogen-bond donors (Lipinski definition) is 2. The molecule has 0 spiro atoms. The molecule has 7 rings (SSSR count). The van der Waals surface area contributed by atoms with Crippen LogP contribution in [0.5, 0.6) is 0 Å². The molecule has 0 atom stereocenters. The number of piperazine rings is 1. The minimum absolute atomic E-state index is 0.0462. The van der Waals surface area contributed by atoms with Crippen LogP contribution in [-0.2, 0) is 11.3 Å². The normalized spacial score (nSPS) is 16.9. The van der Waals surface area contributed by atoms with Crippen LogP contribution >= 0.6 is 35.3 Å². The summed E-state index contributed by atoms with van der Waals surface area (Å²) in [6.07, 6.45) is 14.2. The zero-order chi connectivity index (χ0) is 45.1. The van der Waals surface area contributed by atoms with E-state index in [0.29, 0.717) is 35.5 Å². The van der Waals surface area contributed by atoms with Crippen molar-refractivity contribution in [1.29, 1.82) is 0 Å². The molecule has 64 heavy (non-hydrogen) atoms. The molecular formula is C50H61ClN8O3S2. The third-order valence-corrected chi connectivity index (χ3v) is 13.0. The number of nitro benzene ring substituents is 1. The fourth-order valence-corrected chi connectivity index (χ4v) is 9.17. The Hall–Kier alpha value is -4.89. The number of nitrogens with zero attached hydrogens (tertiary/aromatic N) is 6. The van der Waals surface area contributed by atoms with Gasteiger partial charge >= 0.3 is 0 Å². The lowest BCUT2D eigenvalue weighted by atomic mass is 9.99. The second-order valence-corrected chi connectivity index (χ2v) is 18.3. The van der Waals surface area contributed by atoms with Gasteiger partial charge in [0, 0.05) is 78.9 Å². The SMILES string of the molecule is C=N/C=N\C(NSc1ccc(NCCCN2CCC(OC(C)C)CC2)c([N+](=O)[O-])c1)=C1\C=CC(N2CCN(Cc3ccccc3-c3ccc(Cl)cc3)CC2)=CC1.CSc1ccccc1. The van der Waals surface area contributed by atoms with Gasteiger partial charge in [-0.1, -0.05) is 78.4 Å². The van der Waals surface area contributed by atoms with Crippen LogP contribution in [0.15, 0.2) is 152 Å². The molecule has 0 bridgehead atoms. The van der Waals surface area contributed by atoms with Gasteiger partial charge in [-0.05, 0) is 136 Å². The topological polar surface area (TPSA) is 111 Å². The molecule has 11 nitrogen and oxygen atoms in total. The molecule has 0 unspecified atom stereocenters. The first kappa shape index (κ1) is 48.6. The Bertz CT molecular complexity index is 2240. The maximum Gasteiger partial charge on any atom is 0.293 e. The summed E-state index contributed by atoms with van der Waals surface area (Å²) in [5, 5.41) is 16.1. The molecule has 2 heterocycles. The van der Waals surface area contributed by atoms with Gasteiger partial charge < -0.3 is 24.6 Å². The molecule has 14 heteroatoms. The first-order valence-corrected chi connectivity index (χ1v) is 24.4. The molecule has 4 aromatic rings. The molecule has 0 aromatic heterocycles. The van der Waals surface area contributed by atoms with Gasteiger partial charge in [0.1, 0.15) is 17.8 Å². The van der Waals surface area contributed by atoms with Crippen molar-refractivity contribution >= 4 is 59.7 Å². The molecule has 0 saturated carbocycles. The van der Waals surface area contributed by atoms with Crippen LogP contribution in [0.25, 0.3) is 11.1 Å². The van der Waals surface area contributed by atoms with E-state index in [1.165, 1.54) is 45.6 Å². The van der Waals surface area contributed by atoms with Crippen LogP contribution in [-0.4, -0.2) is 104 Å². The predicted octanol–water partition coefficient (Wildman–Crippen LogP) is 11.2. The van der Waals surface area contributed by atoms with Crippen molar-refractivity contribution in [3.63, 3.8) is 0 Å². The largest absolute Gasteiger partial charge is 0.379 e. The van der Waals surface area contributed by atoms with Gasteiger partial charge in [0.15, 0.2) is 0 Å². The monoisotopic (exact) mass is 920 g/mol. The Balaban J connectivity index is 0.000000766. The molecule has 4 aromatic carbocycles. The van der Waals surface area contributed by atoms with Gasteiger partial charge in [0.05, 0.1) is 17.1 Å². The highest BCUT2D eigenvalue weighted by Gasteiger charge is 2.22. The molecule has 3 aliphatic rings. The summed E-state index contributed by atoms with van der Waals surface area (Å²) in [5.74, 6) is 0.628. The number of ether oxygens (including phenoxy) is 1. The summed E-state index contributed by atoms with van der Waals surface area (Å²) in [5.41, 5.74) is 6.50. The van der Waals surface area contributed by atoms with E-state index in [1.807, 2.05) is 36.4 Å². The fourth-order valence-electron chi connectivity index (χ4n) is 7.91. The standard InChI is InChI=1S/C43H53ClN8O3S.C7H8S/c1-32(2)55-38-19-23-49(24-20-38)22-6-21-46-41-18-17-39(29-42(41)52(53)54)56-48-43(47-31-45-3)34-11-15-37(16-12-34)51-27-25-50(26-28-51)30-35-7-4-5-8-40(35)33-9-13-36(44)14-10-33;1-8-7-5-3-2-4-6-7/h4-5,7-11,13-18,29,31-32,38,46,48H,3,6,12,19-28,30H2,1-2H3;2-6H,1H3/b43-34+,47-31-;. The number of nitro groups is 1. The zero-order valence-electron chi connectivity index (χ0n) is 37.2. The number of aliphatic imine (C=N–C) groups is 2. The minimum atomic E-state index is -0.332. The van der Waals surface area contributed by atoms with E-state index in [1.54, 1.807) is 23.9 Å². The highest BCUT2D eigenvalue weighted by molar-refractivity contribution is 7.98. The average molecular weight is 922 g/mol. The molecule has 0 radical (unpaired) electrons. The summed E-state index contributed by atoms with van der Waals surface area (Å²) < 4.78 is 9.28. The van der Waals surface area contributed by atoms with E-state index in [2.05, 4.69) is 128 Å². The Morgan fingerprint density at radius 2 is 1.67 bits per heavy atom. The number of piperidine rings is 1. The lowest BCUT2D eigenvalue weighted by Gasteiger charge is -2.37. The lowest BCUT2D eigenvalue weighted by Crippen LogP contribution is -2.45. The maximum absolute atomic E-state index is 12.1.